The molecule has 16 heavy (non-hydrogen) atoms. The second-order valence-corrected chi connectivity index (χ2v) is 3.60. The van der Waals surface area contributed by atoms with Crippen LogP contribution in [0.1, 0.15) is 0 Å². The molecular weight excluding hydrogens is 202 g/mol. The van der Waals surface area contributed by atoms with Crippen LogP contribution in [0.5, 0.6) is 0 Å². The normalized spacial score (nSPS) is 10.3. The monoisotopic (exact) mass is 215 g/mol. The second kappa shape index (κ2) is 4.23. The van der Waals surface area contributed by atoms with Gasteiger partial charge in [0.25, 0.3) is 0 Å². The number of ether oxygens (including phenoxy) is 1. The zero-order valence-electron chi connectivity index (χ0n) is 9.14. The summed E-state index contributed by atoms with van der Waals surface area (Å²) in [6, 6.07) is 10.0. The zero-order chi connectivity index (χ0) is 11.5. The van der Waals surface area contributed by atoms with Crippen LogP contribution in [0.15, 0.2) is 48.7 Å². The molecule has 1 aromatic carbocycles. The number of esters is 1. The van der Waals surface area contributed by atoms with Crippen molar-refractivity contribution in [1.82, 2.24) is 4.57 Å². The quantitative estimate of drug-likeness (QED) is 0.581. The van der Waals surface area contributed by atoms with Crippen LogP contribution in [0.3, 0.4) is 0 Å². The minimum Gasteiger partial charge on any atom is -0.466 e. The summed E-state index contributed by atoms with van der Waals surface area (Å²) >= 11 is 0. The van der Waals surface area contributed by atoms with Crippen molar-refractivity contribution in [3.8, 4) is 0 Å². The van der Waals surface area contributed by atoms with Gasteiger partial charge in [-0.15, -0.1) is 0 Å². The average molecular weight is 215 g/mol. The van der Waals surface area contributed by atoms with E-state index in [9.17, 15) is 4.79 Å². The summed E-state index contributed by atoms with van der Waals surface area (Å²) in [5.41, 5.74) is 1.54. The molecule has 2 aromatic rings. The first-order chi connectivity index (χ1) is 7.72. The van der Waals surface area contributed by atoms with E-state index in [0.717, 1.165) is 10.9 Å². The standard InChI is InChI=1S/C13H13NO2/c1-10(13(15)16-2)9-14-8-7-11-5-3-4-6-12(11)14/h3-8H,1,9H2,2H3. The average Bonchev–Trinajstić information content (AvgIpc) is 2.72. The van der Waals surface area contributed by atoms with Gasteiger partial charge in [-0.25, -0.2) is 4.79 Å². The number of nitrogens with zero attached hydrogens (tertiary/aromatic N) is 1. The number of aromatic nitrogens is 1. The number of para-hydroxylation sites is 1. The molecule has 1 aromatic heterocycles. The first-order valence-corrected chi connectivity index (χ1v) is 5.02. The largest absolute Gasteiger partial charge is 0.466 e. The number of hydrogen-bond donors (Lipinski definition) is 0. The molecule has 0 aliphatic heterocycles. The number of rotatable bonds is 3. The van der Waals surface area contributed by atoms with E-state index in [1.54, 1.807) is 0 Å². The van der Waals surface area contributed by atoms with Gasteiger partial charge in [0, 0.05) is 17.3 Å². The Balaban J connectivity index is 2.28. The van der Waals surface area contributed by atoms with Crippen LogP contribution in [0.4, 0.5) is 0 Å². The summed E-state index contributed by atoms with van der Waals surface area (Å²) in [5, 5.41) is 1.15. The minimum atomic E-state index is -0.363. The molecule has 82 valence electrons. The van der Waals surface area contributed by atoms with Gasteiger partial charge in [-0.3, -0.25) is 0 Å². The van der Waals surface area contributed by atoms with E-state index in [0.29, 0.717) is 12.1 Å². The fourth-order valence-corrected chi connectivity index (χ4v) is 1.69. The molecule has 0 saturated carbocycles. The highest BCUT2D eigenvalue weighted by atomic mass is 16.5. The van der Waals surface area contributed by atoms with Crippen LogP contribution < -0.4 is 0 Å². The zero-order valence-corrected chi connectivity index (χ0v) is 9.14. The lowest BCUT2D eigenvalue weighted by Crippen LogP contribution is -2.09. The third kappa shape index (κ3) is 1.84. The number of carbonyl (C=O) groups excluding carboxylic acids is 1. The predicted molar refractivity (Wildman–Crippen MR) is 63.1 cm³/mol. The lowest BCUT2D eigenvalue weighted by Gasteiger charge is -2.06. The molecule has 0 unspecified atom stereocenters. The van der Waals surface area contributed by atoms with Gasteiger partial charge in [0.05, 0.1) is 13.7 Å². The molecule has 0 N–H and O–H groups in total. The maximum Gasteiger partial charge on any atom is 0.334 e. The van der Waals surface area contributed by atoms with Crippen LogP contribution >= 0.6 is 0 Å². The molecule has 3 heteroatoms. The Morgan fingerprint density at radius 2 is 2.12 bits per heavy atom. The topological polar surface area (TPSA) is 31.2 Å². The van der Waals surface area contributed by atoms with Crippen molar-refractivity contribution in [1.29, 1.82) is 0 Å². The molecule has 3 nitrogen and oxygen atoms in total. The molecule has 2 rings (SSSR count). The van der Waals surface area contributed by atoms with Crippen molar-refractivity contribution in [2.24, 2.45) is 0 Å². The lowest BCUT2D eigenvalue weighted by molar-refractivity contribution is -0.136. The fourth-order valence-electron chi connectivity index (χ4n) is 1.69. The molecule has 0 saturated heterocycles. The van der Waals surface area contributed by atoms with Gasteiger partial charge in [0.2, 0.25) is 0 Å². The second-order valence-electron chi connectivity index (χ2n) is 3.60. The summed E-state index contributed by atoms with van der Waals surface area (Å²) in [4.78, 5) is 11.2. The summed E-state index contributed by atoms with van der Waals surface area (Å²) in [5.74, 6) is -0.363. The van der Waals surface area contributed by atoms with Gasteiger partial charge in [0.1, 0.15) is 0 Å². The molecule has 1 heterocycles. The van der Waals surface area contributed by atoms with Gasteiger partial charge in [-0.1, -0.05) is 24.8 Å². The summed E-state index contributed by atoms with van der Waals surface area (Å²) < 4.78 is 6.60. The van der Waals surface area contributed by atoms with Crippen LogP contribution in [0.25, 0.3) is 10.9 Å². The highest BCUT2D eigenvalue weighted by Crippen LogP contribution is 2.16. The van der Waals surface area contributed by atoms with E-state index in [-0.39, 0.29) is 5.97 Å². The Labute approximate surface area is 93.9 Å². The molecule has 0 amide bonds. The number of fused-ring (bicyclic) bond motifs is 1. The summed E-state index contributed by atoms with van der Waals surface area (Å²) in [6.45, 7) is 4.17. The van der Waals surface area contributed by atoms with E-state index < -0.39 is 0 Å². The van der Waals surface area contributed by atoms with Gasteiger partial charge in [0.15, 0.2) is 0 Å². The smallest absolute Gasteiger partial charge is 0.334 e. The number of hydrogen-bond acceptors (Lipinski definition) is 2. The Hall–Kier alpha value is -2.03. The molecule has 0 aliphatic carbocycles. The van der Waals surface area contributed by atoms with Crippen molar-refractivity contribution in [2.45, 2.75) is 6.54 Å². The van der Waals surface area contributed by atoms with E-state index >= 15 is 0 Å². The molecule has 0 bridgehead atoms. The highest BCUT2D eigenvalue weighted by Gasteiger charge is 2.08. The van der Waals surface area contributed by atoms with Crippen LogP contribution in [0.2, 0.25) is 0 Å². The molecule has 0 fully saturated rings. The third-order valence-corrected chi connectivity index (χ3v) is 2.52. The molecule has 0 atom stereocenters. The van der Waals surface area contributed by atoms with Gasteiger partial charge in [-0.05, 0) is 17.5 Å². The van der Waals surface area contributed by atoms with Crippen molar-refractivity contribution < 1.29 is 9.53 Å². The maximum atomic E-state index is 11.2. The first-order valence-electron chi connectivity index (χ1n) is 5.02. The molecular formula is C13H13NO2. The maximum absolute atomic E-state index is 11.2. The Morgan fingerprint density at radius 3 is 2.88 bits per heavy atom. The molecule has 0 radical (unpaired) electrons. The van der Waals surface area contributed by atoms with Crippen LogP contribution in [-0.4, -0.2) is 17.6 Å². The highest BCUT2D eigenvalue weighted by molar-refractivity contribution is 5.88. The number of methoxy groups -OCH3 is 1. The predicted octanol–water partition coefficient (Wildman–Crippen LogP) is 2.37. The Bertz CT molecular complexity index is 540. The van der Waals surface area contributed by atoms with E-state index in [1.165, 1.54) is 7.11 Å². The van der Waals surface area contributed by atoms with Gasteiger partial charge >= 0.3 is 5.97 Å². The van der Waals surface area contributed by atoms with Gasteiger partial charge < -0.3 is 9.30 Å². The van der Waals surface area contributed by atoms with Crippen molar-refractivity contribution >= 4 is 16.9 Å². The van der Waals surface area contributed by atoms with Crippen molar-refractivity contribution in [3.63, 3.8) is 0 Å². The van der Waals surface area contributed by atoms with E-state index in [1.807, 2.05) is 41.1 Å². The van der Waals surface area contributed by atoms with Gasteiger partial charge in [-0.2, -0.15) is 0 Å². The molecule has 0 aliphatic rings. The lowest BCUT2D eigenvalue weighted by atomic mass is 10.2. The van der Waals surface area contributed by atoms with E-state index in [4.69, 9.17) is 0 Å². The molecule has 0 spiro atoms. The number of carbonyl (C=O) groups is 1. The van der Waals surface area contributed by atoms with E-state index in [2.05, 4.69) is 11.3 Å². The minimum absolute atomic E-state index is 0.363. The van der Waals surface area contributed by atoms with Crippen molar-refractivity contribution in [3.05, 3.63) is 48.7 Å². The van der Waals surface area contributed by atoms with Crippen LogP contribution in [0, 0.1) is 0 Å². The van der Waals surface area contributed by atoms with Crippen LogP contribution in [-0.2, 0) is 16.1 Å². The Kier molecular flexibility index (Phi) is 2.77. The Morgan fingerprint density at radius 1 is 1.38 bits per heavy atom. The SMILES string of the molecule is C=C(Cn1ccc2ccccc21)C(=O)OC. The third-order valence-electron chi connectivity index (χ3n) is 2.52. The fraction of sp³-hybridized carbons (Fsp3) is 0.154. The van der Waals surface area contributed by atoms with Crippen molar-refractivity contribution in [2.75, 3.05) is 7.11 Å². The summed E-state index contributed by atoms with van der Waals surface area (Å²) in [6.07, 6.45) is 1.94. The summed E-state index contributed by atoms with van der Waals surface area (Å²) in [7, 11) is 1.36. The first kappa shape index (κ1) is 10.5. The number of benzene rings is 1.